The van der Waals surface area contributed by atoms with Crippen molar-refractivity contribution in [1.82, 2.24) is 4.98 Å². The van der Waals surface area contributed by atoms with Crippen molar-refractivity contribution in [2.75, 3.05) is 11.9 Å². The lowest BCUT2D eigenvalue weighted by Crippen LogP contribution is -2.20. The van der Waals surface area contributed by atoms with Gasteiger partial charge in [0, 0.05) is 10.7 Å². The summed E-state index contributed by atoms with van der Waals surface area (Å²) in [5.41, 5.74) is 0.348. The van der Waals surface area contributed by atoms with Gasteiger partial charge in [0.1, 0.15) is 5.75 Å². The number of carbonyl (C=O) groups is 1. The Kier molecular flexibility index (Phi) is 4.77. The first kappa shape index (κ1) is 15.3. The smallest absolute Gasteiger partial charge is 0.278 e. The van der Waals surface area contributed by atoms with Gasteiger partial charge in [0.05, 0.1) is 11.9 Å². The molecule has 8 heteroatoms. The average Bonchev–Trinajstić information content (AvgIpc) is 2.46. The molecule has 1 amide bonds. The molecule has 0 aliphatic carbocycles. The van der Waals surface area contributed by atoms with Gasteiger partial charge in [-0.05, 0) is 24.3 Å². The number of pyridine rings is 1. The van der Waals surface area contributed by atoms with Crippen LogP contribution < -0.4 is 10.1 Å². The fourth-order valence-corrected chi connectivity index (χ4v) is 2.14. The van der Waals surface area contributed by atoms with Gasteiger partial charge in [-0.1, -0.05) is 18.2 Å². The zero-order chi connectivity index (χ0) is 15.3. The van der Waals surface area contributed by atoms with E-state index in [2.05, 4.69) is 10.3 Å². The van der Waals surface area contributed by atoms with Gasteiger partial charge in [0.2, 0.25) is 0 Å². The molecule has 0 atom stereocenters. The van der Waals surface area contributed by atoms with Crippen LogP contribution in [-0.4, -0.2) is 25.9 Å². The summed E-state index contributed by atoms with van der Waals surface area (Å²) in [5.74, 6) is 0.191. The molecule has 0 saturated carbocycles. The molecule has 2 rings (SSSR count). The number of halogens is 1. The van der Waals surface area contributed by atoms with Crippen LogP contribution in [0.25, 0.3) is 0 Å². The molecule has 0 bridgehead atoms. The molecule has 6 nitrogen and oxygen atoms in total. The van der Waals surface area contributed by atoms with Crippen molar-refractivity contribution >= 4 is 31.3 Å². The Bertz CT molecular complexity index is 718. The van der Waals surface area contributed by atoms with Gasteiger partial charge in [0.15, 0.2) is 11.6 Å². The second kappa shape index (κ2) is 6.55. The second-order valence-electron chi connectivity index (χ2n) is 3.97. The van der Waals surface area contributed by atoms with Crippen LogP contribution in [0, 0.1) is 0 Å². The van der Waals surface area contributed by atoms with E-state index in [1.807, 2.05) is 6.07 Å². The normalized spacial score (nSPS) is 10.9. The van der Waals surface area contributed by atoms with E-state index in [1.165, 1.54) is 18.3 Å². The van der Waals surface area contributed by atoms with E-state index in [-0.39, 0.29) is 17.5 Å². The SMILES string of the molecule is O=C(COc1ccccc1)Nc1ccc(S(=O)(=O)Cl)nc1. The number of hydrogen-bond acceptors (Lipinski definition) is 5. The number of aromatic nitrogens is 1. The number of nitrogens with one attached hydrogen (secondary N) is 1. The minimum Gasteiger partial charge on any atom is -0.484 e. The fourth-order valence-electron chi connectivity index (χ4n) is 1.46. The number of hydrogen-bond donors (Lipinski definition) is 1. The standard InChI is InChI=1S/C13H11ClN2O4S/c14-21(18,19)13-7-6-10(8-15-13)16-12(17)9-20-11-4-2-1-3-5-11/h1-8H,9H2,(H,16,17). The quantitative estimate of drug-likeness (QED) is 0.850. The molecule has 110 valence electrons. The predicted octanol–water partition coefficient (Wildman–Crippen LogP) is 2.03. The molecule has 0 saturated heterocycles. The number of anilines is 1. The molecule has 0 fully saturated rings. The zero-order valence-corrected chi connectivity index (χ0v) is 12.3. The Morgan fingerprint density at radius 3 is 2.48 bits per heavy atom. The molecule has 0 unspecified atom stereocenters. The first-order valence-corrected chi connectivity index (χ1v) is 8.14. The molecular weight excluding hydrogens is 316 g/mol. The monoisotopic (exact) mass is 326 g/mol. The summed E-state index contributed by atoms with van der Waals surface area (Å²) in [5, 5.41) is 2.25. The van der Waals surface area contributed by atoms with Crippen molar-refractivity contribution in [2.45, 2.75) is 5.03 Å². The first-order chi connectivity index (χ1) is 9.95. The van der Waals surface area contributed by atoms with Crippen LogP contribution in [0.15, 0.2) is 53.7 Å². The Morgan fingerprint density at radius 1 is 1.19 bits per heavy atom. The maximum Gasteiger partial charge on any atom is 0.278 e. The average molecular weight is 327 g/mol. The largest absolute Gasteiger partial charge is 0.484 e. The Labute approximate surface area is 126 Å². The van der Waals surface area contributed by atoms with E-state index >= 15 is 0 Å². The number of para-hydroxylation sites is 1. The first-order valence-electron chi connectivity index (χ1n) is 5.83. The van der Waals surface area contributed by atoms with Crippen LogP contribution in [-0.2, 0) is 13.8 Å². The number of carbonyl (C=O) groups excluding carboxylic acids is 1. The number of nitrogens with zero attached hydrogens (tertiary/aromatic N) is 1. The van der Waals surface area contributed by atoms with E-state index in [0.29, 0.717) is 11.4 Å². The lowest BCUT2D eigenvalue weighted by molar-refractivity contribution is -0.118. The molecule has 1 heterocycles. The van der Waals surface area contributed by atoms with Crippen LogP contribution in [0.5, 0.6) is 5.75 Å². The summed E-state index contributed by atoms with van der Waals surface area (Å²) in [7, 11) is 1.27. The highest BCUT2D eigenvalue weighted by Crippen LogP contribution is 2.14. The van der Waals surface area contributed by atoms with Crippen molar-refractivity contribution < 1.29 is 17.9 Å². The number of rotatable bonds is 5. The van der Waals surface area contributed by atoms with Gasteiger partial charge in [-0.2, -0.15) is 0 Å². The van der Waals surface area contributed by atoms with Crippen molar-refractivity contribution in [3.63, 3.8) is 0 Å². The Hall–Kier alpha value is -2.12. The fraction of sp³-hybridized carbons (Fsp3) is 0.0769. The molecule has 0 aliphatic heterocycles. The van der Waals surface area contributed by atoms with Crippen molar-refractivity contribution in [2.24, 2.45) is 0 Å². The van der Waals surface area contributed by atoms with Crippen LogP contribution in [0.3, 0.4) is 0 Å². The maximum atomic E-state index is 11.7. The third-order valence-corrected chi connectivity index (χ3v) is 3.60. The molecule has 21 heavy (non-hydrogen) atoms. The summed E-state index contributed by atoms with van der Waals surface area (Å²) in [6.07, 6.45) is 1.20. The van der Waals surface area contributed by atoms with Gasteiger partial charge in [0.25, 0.3) is 15.0 Å². The zero-order valence-electron chi connectivity index (χ0n) is 10.7. The molecule has 0 aliphatic rings. The minimum absolute atomic E-state index is 0.167. The molecule has 1 aromatic heterocycles. The molecule has 0 radical (unpaired) electrons. The van der Waals surface area contributed by atoms with E-state index in [4.69, 9.17) is 15.4 Å². The van der Waals surface area contributed by atoms with Crippen LogP contribution in [0.1, 0.15) is 0 Å². The van der Waals surface area contributed by atoms with E-state index in [1.54, 1.807) is 24.3 Å². The predicted molar refractivity (Wildman–Crippen MR) is 77.8 cm³/mol. The highest BCUT2D eigenvalue weighted by molar-refractivity contribution is 8.13. The van der Waals surface area contributed by atoms with Gasteiger partial charge < -0.3 is 10.1 Å². The van der Waals surface area contributed by atoms with Crippen LogP contribution in [0.4, 0.5) is 5.69 Å². The van der Waals surface area contributed by atoms with Gasteiger partial charge in [-0.3, -0.25) is 4.79 Å². The topological polar surface area (TPSA) is 85.4 Å². The highest BCUT2D eigenvalue weighted by Gasteiger charge is 2.11. The summed E-state index contributed by atoms with van der Waals surface area (Å²) in [6, 6.07) is 11.5. The minimum atomic E-state index is -3.87. The lowest BCUT2D eigenvalue weighted by Gasteiger charge is -2.07. The third kappa shape index (κ3) is 4.73. The number of ether oxygens (including phenoxy) is 1. The number of benzene rings is 1. The van der Waals surface area contributed by atoms with E-state index < -0.39 is 9.05 Å². The summed E-state index contributed by atoms with van der Waals surface area (Å²) in [6.45, 7) is -0.167. The van der Waals surface area contributed by atoms with E-state index in [0.717, 1.165) is 0 Å². The summed E-state index contributed by atoms with van der Waals surface area (Å²) in [4.78, 5) is 15.3. The Morgan fingerprint density at radius 2 is 1.90 bits per heavy atom. The van der Waals surface area contributed by atoms with Crippen LogP contribution in [0.2, 0.25) is 0 Å². The van der Waals surface area contributed by atoms with Crippen molar-refractivity contribution in [3.05, 3.63) is 48.7 Å². The lowest BCUT2D eigenvalue weighted by atomic mass is 10.3. The number of amides is 1. The highest BCUT2D eigenvalue weighted by atomic mass is 35.7. The van der Waals surface area contributed by atoms with Gasteiger partial charge >= 0.3 is 0 Å². The summed E-state index contributed by atoms with van der Waals surface area (Å²) < 4.78 is 27.3. The Balaban J connectivity index is 1.91. The van der Waals surface area contributed by atoms with Gasteiger partial charge in [-0.25, -0.2) is 13.4 Å². The van der Waals surface area contributed by atoms with Crippen molar-refractivity contribution in [1.29, 1.82) is 0 Å². The molecular formula is C13H11ClN2O4S. The molecule has 1 aromatic carbocycles. The molecule has 2 aromatic rings. The van der Waals surface area contributed by atoms with Crippen LogP contribution >= 0.6 is 10.7 Å². The van der Waals surface area contributed by atoms with Gasteiger partial charge in [-0.15, -0.1) is 0 Å². The summed E-state index contributed by atoms with van der Waals surface area (Å²) >= 11 is 0. The van der Waals surface area contributed by atoms with E-state index in [9.17, 15) is 13.2 Å². The maximum absolute atomic E-state index is 11.7. The molecule has 1 N–H and O–H groups in total. The third-order valence-electron chi connectivity index (χ3n) is 2.38. The molecule has 0 spiro atoms. The second-order valence-corrected chi connectivity index (χ2v) is 6.49. The van der Waals surface area contributed by atoms with Crippen molar-refractivity contribution in [3.8, 4) is 5.75 Å².